The van der Waals surface area contributed by atoms with Gasteiger partial charge in [-0.2, -0.15) is 13.5 Å². The van der Waals surface area contributed by atoms with Gasteiger partial charge in [-0.3, -0.25) is 14.7 Å². The van der Waals surface area contributed by atoms with E-state index in [0.717, 1.165) is 11.8 Å². The molecule has 0 unspecified atom stereocenters. The van der Waals surface area contributed by atoms with Gasteiger partial charge >= 0.3 is 6.09 Å². The van der Waals surface area contributed by atoms with Crippen LogP contribution in [0.25, 0.3) is 0 Å². The first-order valence-corrected chi connectivity index (χ1v) is 6.38. The third-order valence-electron chi connectivity index (χ3n) is 1.94. The van der Waals surface area contributed by atoms with Crippen molar-refractivity contribution in [2.24, 2.45) is 7.05 Å². The van der Waals surface area contributed by atoms with Gasteiger partial charge in [-0.15, -0.1) is 0 Å². The number of hydrogen-bond acceptors (Lipinski definition) is 7. The molecule has 0 atom stereocenters. The van der Waals surface area contributed by atoms with Crippen LogP contribution in [0.1, 0.15) is 10.4 Å². The Balaban J connectivity index is 3.42. The summed E-state index contributed by atoms with van der Waals surface area (Å²) in [7, 11) is -2.30. The van der Waals surface area contributed by atoms with E-state index in [4.69, 9.17) is 16.8 Å². The first kappa shape index (κ1) is 15.2. The lowest BCUT2D eigenvalue weighted by molar-refractivity contribution is 0.0702. The van der Waals surface area contributed by atoms with Crippen molar-refractivity contribution in [2.75, 3.05) is 7.11 Å². The average molecular weight is 313 g/mol. The Morgan fingerprint density at radius 1 is 1.47 bits per heavy atom. The molecule has 1 heterocycles. The molecule has 1 aromatic rings. The number of nitrogens with one attached hydrogen (secondary N) is 2. The molecule has 10 nitrogen and oxygen atoms in total. The van der Waals surface area contributed by atoms with Crippen molar-refractivity contribution in [3.05, 3.63) is 10.7 Å². The first-order chi connectivity index (χ1) is 8.74. The number of hydroxylamine groups is 1. The zero-order valence-corrected chi connectivity index (χ0v) is 11.2. The third kappa shape index (κ3) is 2.94. The summed E-state index contributed by atoms with van der Waals surface area (Å²) in [6.07, 6.45) is -1.26. The highest BCUT2D eigenvalue weighted by Crippen LogP contribution is 2.22. The number of sulfonamides is 1. The Kier molecular flexibility index (Phi) is 4.34. The smallest absolute Gasteiger partial charge is 0.420 e. The molecule has 0 aliphatic carbocycles. The van der Waals surface area contributed by atoms with E-state index in [0.29, 0.717) is 0 Å². The van der Waals surface area contributed by atoms with Crippen LogP contribution in [0.2, 0.25) is 5.15 Å². The Hall–Kier alpha value is -1.85. The fraction of sp³-hybridized carbons (Fsp3) is 0.286. The summed E-state index contributed by atoms with van der Waals surface area (Å²) < 4.78 is 30.2. The highest BCUT2D eigenvalue weighted by Gasteiger charge is 2.32. The zero-order valence-electron chi connectivity index (χ0n) is 9.67. The van der Waals surface area contributed by atoms with Gasteiger partial charge in [-0.05, 0) is 0 Å². The monoisotopic (exact) mass is 312 g/mol. The van der Waals surface area contributed by atoms with Crippen LogP contribution in [0.5, 0.6) is 0 Å². The van der Waals surface area contributed by atoms with E-state index < -0.39 is 37.8 Å². The van der Waals surface area contributed by atoms with Crippen LogP contribution >= 0.6 is 11.6 Å². The number of halogens is 1. The Morgan fingerprint density at radius 2 is 2.05 bits per heavy atom. The van der Waals surface area contributed by atoms with Crippen molar-refractivity contribution in [3.8, 4) is 0 Å². The third-order valence-corrected chi connectivity index (χ3v) is 3.62. The second-order valence-corrected chi connectivity index (χ2v) is 5.09. The Bertz CT molecular complexity index is 624. The molecule has 1 rings (SSSR count). The Morgan fingerprint density at radius 3 is 2.53 bits per heavy atom. The standard InChI is InChI=1S/C7H9ClN4O6S/c1-12-6(19(16,17)11-7(14)18-2)3(4(8)9-12)5(13)10-15/h15H,1-2H3,(H,10,13)(H,11,14). The van der Waals surface area contributed by atoms with Crippen LogP contribution in [0.3, 0.4) is 0 Å². The van der Waals surface area contributed by atoms with Crippen LogP contribution in [0, 0.1) is 0 Å². The molecule has 106 valence electrons. The number of carbonyl (C=O) groups is 2. The summed E-state index contributed by atoms with van der Waals surface area (Å²) in [5.41, 5.74) is 0.622. The molecule has 0 aromatic carbocycles. The molecule has 0 fully saturated rings. The van der Waals surface area contributed by atoms with Crippen LogP contribution < -0.4 is 10.2 Å². The van der Waals surface area contributed by atoms with Crippen molar-refractivity contribution in [1.82, 2.24) is 20.0 Å². The van der Waals surface area contributed by atoms with Crippen LogP contribution in [-0.2, 0) is 21.8 Å². The number of hydrogen-bond donors (Lipinski definition) is 3. The number of rotatable bonds is 3. The lowest BCUT2D eigenvalue weighted by atomic mass is 10.3. The number of ether oxygens (including phenoxy) is 1. The molecular formula is C7H9ClN4O6S. The lowest BCUT2D eigenvalue weighted by Gasteiger charge is -2.07. The predicted molar refractivity (Wildman–Crippen MR) is 60.2 cm³/mol. The quantitative estimate of drug-likeness (QED) is 0.492. The molecule has 2 amide bonds. The van der Waals surface area contributed by atoms with E-state index in [9.17, 15) is 18.0 Å². The van der Waals surface area contributed by atoms with Gasteiger partial charge in [0.2, 0.25) is 0 Å². The maximum absolute atomic E-state index is 11.9. The average Bonchev–Trinajstić information content (AvgIpc) is 2.63. The molecule has 0 radical (unpaired) electrons. The molecule has 0 spiro atoms. The van der Waals surface area contributed by atoms with Gasteiger partial charge in [0, 0.05) is 7.05 Å². The first-order valence-electron chi connectivity index (χ1n) is 4.52. The van der Waals surface area contributed by atoms with Gasteiger partial charge in [0.25, 0.3) is 15.9 Å². The van der Waals surface area contributed by atoms with Crippen molar-refractivity contribution in [3.63, 3.8) is 0 Å². The van der Waals surface area contributed by atoms with E-state index in [-0.39, 0.29) is 0 Å². The van der Waals surface area contributed by atoms with Gasteiger partial charge in [0.05, 0.1) is 7.11 Å². The number of aryl methyl sites for hydroxylation is 1. The number of carbonyl (C=O) groups excluding carboxylic acids is 2. The molecule has 12 heteroatoms. The molecule has 0 bridgehead atoms. The highest BCUT2D eigenvalue weighted by molar-refractivity contribution is 7.90. The number of methoxy groups -OCH3 is 1. The minimum absolute atomic E-state index is 0.459. The van der Waals surface area contributed by atoms with Crippen molar-refractivity contribution >= 4 is 33.6 Å². The van der Waals surface area contributed by atoms with E-state index >= 15 is 0 Å². The molecule has 0 aliphatic rings. The molecule has 0 saturated heterocycles. The summed E-state index contributed by atoms with van der Waals surface area (Å²) in [4.78, 5) is 22.3. The van der Waals surface area contributed by atoms with Gasteiger partial charge < -0.3 is 4.74 Å². The second-order valence-electron chi connectivity index (χ2n) is 3.13. The minimum atomic E-state index is -4.45. The van der Waals surface area contributed by atoms with Gasteiger partial charge in [0.15, 0.2) is 10.2 Å². The summed E-state index contributed by atoms with van der Waals surface area (Å²) in [5.74, 6) is -1.19. The van der Waals surface area contributed by atoms with Crippen LogP contribution in [0.15, 0.2) is 5.03 Å². The lowest BCUT2D eigenvalue weighted by Crippen LogP contribution is -2.33. The van der Waals surface area contributed by atoms with Crippen molar-refractivity contribution in [1.29, 1.82) is 0 Å². The van der Waals surface area contributed by atoms with Gasteiger partial charge in [0.1, 0.15) is 5.56 Å². The summed E-state index contributed by atoms with van der Waals surface area (Å²) >= 11 is 5.59. The van der Waals surface area contributed by atoms with Crippen LogP contribution in [0.4, 0.5) is 4.79 Å². The number of nitrogens with zero attached hydrogens (tertiary/aromatic N) is 2. The molecular weight excluding hydrogens is 304 g/mol. The topological polar surface area (TPSA) is 140 Å². The second kappa shape index (κ2) is 5.42. The van der Waals surface area contributed by atoms with E-state index in [1.165, 1.54) is 17.2 Å². The van der Waals surface area contributed by atoms with Crippen molar-refractivity contribution < 1.29 is 28.0 Å². The molecule has 19 heavy (non-hydrogen) atoms. The molecule has 0 aliphatic heterocycles. The van der Waals surface area contributed by atoms with E-state index in [1.54, 1.807) is 0 Å². The van der Waals surface area contributed by atoms with Gasteiger partial charge in [-0.1, -0.05) is 11.6 Å². The summed E-state index contributed by atoms with van der Waals surface area (Å²) in [6, 6.07) is 0. The largest absolute Gasteiger partial charge is 0.452 e. The zero-order chi connectivity index (χ0) is 14.8. The van der Waals surface area contributed by atoms with E-state index in [2.05, 4.69) is 9.84 Å². The highest BCUT2D eigenvalue weighted by atomic mass is 35.5. The maximum atomic E-state index is 11.9. The SMILES string of the molecule is COC(=O)NS(=O)(=O)c1c(C(=O)NO)c(Cl)nn1C. The fourth-order valence-electron chi connectivity index (χ4n) is 1.23. The predicted octanol–water partition coefficient (Wildman–Crippen LogP) is -0.763. The fourth-order valence-corrected chi connectivity index (χ4v) is 2.82. The Labute approximate surface area is 112 Å². The van der Waals surface area contributed by atoms with Gasteiger partial charge in [-0.25, -0.2) is 15.0 Å². The summed E-state index contributed by atoms with van der Waals surface area (Å²) in [5, 5.41) is 10.9. The molecule has 3 N–H and O–H groups in total. The van der Waals surface area contributed by atoms with Crippen LogP contribution in [-0.4, -0.2) is 42.5 Å². The normalized spacial score (nSPS) is 10.9. The molecule has 0 saturated carbocycles. The van der Waals surface area contributed by atoms with Crippen molar-refractivity contribution in [2.45, 2.75) is 5.03 Å². The van der Waals surface area contributed by atoms with E-state index in [1.807, 2.05) is 0 Å². The minimum Gasteiger partial charge on any atom is -0.452 e. The summed E-state index contributed by atoms with van der Waals surface area (Å²) in [6.45, 7) is 0. The maximum Gasteiger partial charge on any atom is 0.420 e. The molecule has 1 aromatic heterocycles. The number of aromatic nitrogens is 2. The number of amides is 2.